The minimum absolute atomic E-state index is 0.326. The number of nitrogens with one attached hydrogen (secondary N) is 1. The van der Waals surface area contributed by atoms with Crippen LogP contribution in [-0.2, 0) is 13.0 Å². The molecule has 0 amide bonds. The summed E-state index contributed by atoms with van der Waals surface area (Å²) in [6.07, 6.45) is 0.917. The molecule has 1 N–H and O–H groups in total. The monoisotopic (exact) mass is 299 g/mol. The van der Waals surface area contributed by atoms with Crippen molar-refractivity contribution in [1.82, 2.24) is 14.9 Å². The second-order valence-electron chi connectivity index (χ2n) is 5.27. The SMILES string of the molecule is CCn1c(CC(NC)c2sccc2C)nc2ccccc21. The Morgan fingerprint density at radius 3 is 2.76 bits per heavy atom. The first kappa shape index (κ1) is 14.3. The number of rotatable bonds is 5. The number of imidazole rings is 1. The number of likely N-dealkylation sites (N-methyl/N-ethyl adjacent to an activating group) is 1. The molecule has 1 atom stereocenters. The average molecular weight is 299 g/mol. The number of benzene rings is 1. The molecular formula is C17H21N3S. The molecule has 0 saturated carbocycles. The molecule has 0 bridgehead atoms. The molecule has 1 unspecified atom stereocenters. The minimum Gasteiger partial charge on any atom is -0.328 e. The lowest BCUT2D eigenvalue weighted by Gasteiger charge is -2.16. The molecule has 3 aromatic rings. The van der Waals surface area contributed by atoms with Crippen LogP contribution in [0.4, 0.5) is 0 Å². The number of aromatic nitrogens is 2. The molecule has 0 aliphatic carbocycles. The van der Waals surface area contributed by atoms with E-state index in [1.54, 1.807) is 0 Å². The van der Waals surface area contributed by atoms with Crippen molar-refractivity contribution in [1.29, 1.82) is 0 Å². The van der Waals surface area contributed by atoms with Gasteiger partial charge in [-0.2, -0.15) is 0 Å². The van der Waals surface area contributed by atoms with Crippen molar-refractivity contribution >= 4 is 22.4 Å². The third kappa shape index (κ3) is 2.61. The first-order valence-corrected chi connectivity index (χ1v) is 8.28. The van der Waals surface area contributed by atoms with Gasteiger partial charge in [-0.15, -0.1) is 11.3 Å². The van der Waals surface area contributed by atoms with Crippen LogP contribution in [0.15, 0.2) is 35.7 Å². The zero-order chi connectivity index (χ0) is 14.8. The van der Waals surface area contributed by atoms with Gasteiger partial charge in [0.1, 0.15) is 5.82 Å². The molecule has 0 fully saturated rings. The minimum atomic E-state index is 0.326. The fraction of sp³-hybridized carbons (Fsp3) is 0.353. The third-order valence-corrected chi connectivity index (χ3v) is 5.14. The predicted molar refractivity (Wildman–Crippen MR) is 90.0 cm³/mol. The average Bonchev–Trinajstić information content (AvgIpc) is 3.07. The summed E-state index contributed by atoms with van der Waals surface area (Å²) in [5.41, 5.74) is 3.68. The van der Waals surface area contributed by atoms with E-state index in [0.29, 0.717) is 6.04 Å². The summed E-state index contributed by atoms with van der Waals surface area (Å²) in [7, 11) is 2.03. The van der Waals surface area contributed by atoms with Crippen molar-refractivity contribution in [2.24, 2.45) is 0 Å². The summed E-state index contributed by atoms with van der Waals surface area (Å²) in [6, 6.07) is 10.9. The van der Waals surface area contributed by atoms with Crippen LogP contribution in [0.3, 0.4) is 0 Å². The maximum atomic E-state index is 4.84. The van der Waals surface area contributed by atoms with Gasteiger partial charge in [0, 0.05) is 23.9 Å². The normalized spacial score (nSPS) is 12.9. The lowest BCUT2D eigenvalue weighted by atomic mass is 10.1. The van der Waals surface area contributed by atoms with Crippen LogP contribution in [-0.4, -0.2) is 16.6 Å². The maximum Gasteiger partial charge on any atom is 0.111 e. The Morgan fingerprint density at radius 1 is 1.29 bits per heavy atom. The quantitative estimate of drug-likeness (QED) is 0.773. The molecule has 110 valence electrons. The molecule has 2 heterocycles. The number of thiophene rings is 1. The lowest BCUT2D eigenvalue weighted by Crippen LogP contribution is -2.20. The summed E-state index contributed by atoms with van der Waals surface area (Å²) < 4.78 is 2.32. The maximum absolute atomic E-state index is 4.84. The molecule has 0 aliphatic rings. The summed E-state index contributed by atoms with van der Waals surface area (Å²) >= 11 is 1.82. The zero-order valence-electron chi connectivity index (χ0n) is 12.8. The van der Waals surface area contributed by atoms with Crippen molar-refractivity contribution in [3.8, 4) is 0 Å². The van der Waals surface area contributed by atoms with Gasteiger partial charge in [0.05, 0.1) is 11.0 Å². The fourth-order valence-corrected chi connectivity index (χ4v) is 3.92. The molecule has 0 aliphatic heterocycles. The van der Waals surface area contributed by atoms with Crippen LogP contribution < -0.4 is 5.32 Å². The number of aryl methyl sites for hydroxylation is 2. The highest BCUT2D eigenvalue weighted by Gasteiger charge is 2.18. The Bertz CT molecular complexity index is 741. The number of hydrogen-bond acceptors (Lipinski definition) is 3. The van der Waals surface area contributed by atoms with E-state index >= 15 is 0 Å². The fourth-order valence-electron chi connectivity index (χ4n) is 2.88. The van der Waals surface area contributed by atoms with E-state index in [2.05, 4.69) is 59.4 Å². The van der Waals surface area contributed by atoms with Gasteiger partial charge in [0.2, 0.25) is 0 Å². The van der Waals surface area contributed by atoms with Crippen molar-refractivity contribution in [2.45, 2.75) is 32.9 Å². The van der Waals surface area contributed by atoms with Gasteiger partial charge in [-0.05, 0) is 50.0 Å². The second kappa shape index (κ2) is 6.00. The Hall–Kier alpha value is -1.65. The van der Waals surface area contributed by atoms with E-state index in [1.807, 2.05) is 18.4 Å². The number of fused-ring (bicyclic) bond motifs is 1. The highest BCUT2D eigenvalue weighted by molar-refractivity contribution is 7.10. The molecule has 0 radical (unpaired) electrons. The lowest BCUT2D eigenvalue weighted by molar-refractivity contribution is 0.562. The van der Waals surface area contributed by atoms with E-state index in [0.717, 1.165) is 24.3 Å². The second-order valence-corrected chi connectivity index (χ2v) is 6.22. The van der Waals surface area contributed by atoms with Gasteiger partial charge in [0.15, 0.2) is 0 Å². The van der Waals surface area contributed by atoms with Crippen LogP contribution in [0.5, 0.6) is 0 Å². The molecule has 3 nitrogen and oxygen atoms in total. The van der Waals surface area contributed by atoms with Crippen molar-refractivity contribution in [3.05, 3.63) is 52.0 Å². The van der Waals surface area contributed by atoms with Gasteiger partial charge < -0.3 is 9.88 Å². The first-order chi connectivity index (χ1) is 10.2. The molecule has 21 heavy (non-hydrogen) atoms. The Morgan fingerprint density at radius 2 is 2.10 bits per heavy atom. The smallest absolute Gasteiger partial charge is 0.111 e. The molecule has 1 aromatic carbocycles. The van der Waals surface area contributed by atoms with Gasteiger partial charge in [-0.1, -0.05) is 12.1 Å². The van der Waals surface area contributed by atoms with Crippen molar-refractivity contribution in [3.63, 3.8) is 0 Å². The summed E-state index contributed by atoms with van der Waals surface area (Å²) in [6.45, 7) is 5.32. The van der Waals surface area contributed by atoms with E-state index in [4.69, 9.17) is 4.98 Å². The van der Waals surface area contributed by atoms with E-state index in [9.17, 15) is 0 Å². The van der Waals surface area contributed by atoms with Crippen molar-refractivity contribution < 1.29 is 0 Å². The van der Waals surface area contributed by atoms with Crippen molar-refractivity contribution in [2.75, 3.05) is 7.05 Å². The van der Waals surface area contributed by atoms with Gasteiger partial charge in [-0.25, -0.2) is 4.98 Å². The molecule has 4 heteroatoms. The topological polar surface area (TPSA) is 29.9 Å². The molecule has 2 aromatic heterocycles. The number of nitrogens with zero attached hydrogens (tertiary/aromatic N) is 2. The van der Waals surface area contributed by atoms with Crippen LogP contribution in [0.25, 0.3) is 11.0 Å². The van der Waals surface area contributed by atoms with Gasteiger partial charge in [-0.3, -0.25) is 0 Å². The number of hydrogen-bond donors (Lipinski definition) is 1. The highest BCUT2D eigenvalue weighted by Crippen LogP contribution is 2.27. The Balaban J connectivity index is 1.98. The predicted octanol–water partition coefficient (Wildman–Crippen LogP) is 3.93. The summed E-state index contributed by atoms with van der Waals surface area (Å²) in [4.78, 5) is 6.25. The van der Waals surface area contributed by atoms with Crippen LogP contribution >= 0.6 is 11.3 Å². The summed E-state index contributed by atoms with van der Waals surface area (Å²) in [5.74, 6) is 1.16. The van der Waals surface area contributed by atoms with Crippen LogP contribution in [0.1, 0.15) is 29.2 Å². The van der Waals surface area contributed by atoms with E-state index in [1.165, 1.54) is 16.0 Å². The van der Waals surface area contributed by atoms with E-state index < -0.39 is 0 Å². The Labute approximate surface area is 129 Å². The number of para-hydroxylation sites is 2. The van der Waals surface area contributed by atoms with Gasteiger partial charge >= 0.3 is 0 Å². The van der Waals surface area contributed by atoms with Crippen LogP contribution in [0.2, 0.25) is 0 Å². The Kier molecular flexibility index (Phi) is 4.08. The summed E-state index contributed by atoms with van der Waals surface area (Å²) in [5, 5.41) is 5.61. The molecule has 0 saturated heterocycles. The van der Waals surface area contributed by atoms with Crippen LogP contribution in [0, 0.1) is 6.92 Å². The molecule has 3 rings (SSSR count). The standard InChI is InChI=1S/C17H21N3S/c1-4-20-15-8-6-5-7-13(15)19-16(20)11-14(18-3)17-12(2)9-10-21-17/h5-10,14,18H,4,11H2,1-3H3. The van der Waals surface area contributed by atoms with Gasteiger partial charge in [0.25, 0.3) is 0 Å². The van der Waals surface area contributed by atoms with E-state index in [-0.39, 0.29) is 0 Å². The zero-order valence-corrected chi connectivity index (χ0v) is 13.6. The first-order valence-electron chi connectivity index (χ1n) is 7.40. The third-order valence-electron chi connectivity index (χ3n) is 4.00. The largest absolute Gasteiger partial charge is 0.328 e. The molecular weight excluding hydrogens is 278 g/mol. The highest BCUT2D eigenvalue weighted by atomic mass is 32.1. The molecule has 0 spiro atoms.